The molecule has 1 aliphatic heterocycles. The summed E-state index contributed by atoms with van der Waals surface area (Å²) < 4.78 is 27.0. The Labute approximate surface area is 111 Å². The van der Waals surface area contributed by atoms with Gasteiger partial charge in [-0.25, -0.2) is 22.9 Å². The number of sulfonamides is 1. The highest BCUT2D eigenvalue weighted by Crippen LogP contribution is 2.19. The monoisotopic (exact) mass is 287 g/mol. The van der Waals surface area contributed by atoms with Crippen LogP contribution in [0.15, 0.2) is 4.99 Å². The van der Waals surface area contributed by atoms with Crippen molar-refractivity contribution >= 4 is 27.7 Å². The number of carbonyl (C=O) groups is 2. The van der Waals surface area contributed by atoms with Gasteiger partial charge in [-0.05, 0) is 19.8 Å². The average molecular weight is 287 g/mol. The predicted octanol–water partition coefficient (Wildman–Crippen LogP) is 0.318. The molecule has 0 bridgehead atoms. The minimum atomic E-state index is -3.85. The number of imide groups is 1. The molecule has 8 heteroatoms. The van der Waals surface area contributed by atoms with E-state index in [1.807, 2.05) is 5.32 Å². The van der Waals surface area contributed by atoms with Crippen molar-refractivity contribution < 1.29 is 18.0 Å². The quantitative estimate of drug-likeness (QED) is 0.779. The normalized spacial score (nSPS) is 25.9. The maximum atomic E-state index is 12.2. The highest BCUT2D eigenvalue weighted by atomic mass is 32.2. The second-order valence-corrected chi connectivity index (χ2v) is 6.72. The van der Waals surface area contributed by atoms with Gasteiger partial charge in [0.05, 0.1) is 0 Å². The lowest BCUT2D eigenvalue weighted by atomic mass is 9.96. The van der Waals surface area contributed by atoms with Gasteiger partial charge in [0.1, 0.15) is 0 Å². The molecule has 19 heavy (non-hydrogen) atoms. The molecular weight excluding hydrogens is 270 g/mol. The molecular formula is C11H17N3O4S. The largest absolute Gasteiger partial charge is 0.347 e. The SMILES string of the molecule is CC1=NC(=O)NC(=O)C1S(=O)(=O)NC1CCCCC1. The van der Waals surface area contributed by atoms with Gasteiger partial charge >= 0.3 is 6.03 Å². The molecule has 1 fully saturated rings. The van der Waals surface area contributed by atoms with Gasteiger partial charge in [-0.3, -0.25) is 10.1 Å². The van der Waals surface area contributed by atoms with Crippen LogP contribution in [0.1, 0.15) is 39.0 Å². The minimum Gasteiger partial charge on any atom is -0.275 e. The van der Waals surface area contributed by atoms with Crippen molar-refractivity contribution in [1.29, 1.82) is 0 Å². The zero-order valence-electron chi connectivity index (χ0n) is 10.7. The highest BCUT2D eigenvalue weighted by molar-refractivity contribution is 7.91. The third-order valence-corrected chi connectivity index (χ3v) is 5.21. The standard InChI is InChI=1S/C11H17N3O4S/c1-7-9(10(15)13-11(16)12-7)19(17,18)14-8-5-3-2-4-6-8/h8-9,14H,2-6H2,1H3,(H,13,15,16). The summed E-state index contributed by atoms with van der Waals surface area (Å²) in [5, 5.41) is 0.509. The van der Waals surface area contributed by atoms with Crippen LogP contribution in [-0.4, -0.2) is 37.4 Å². The molecule has 2 aliphatic rings. The number of amides is 3. The Morgan fingerprint density at radius 2 is 1.84 bits per heavy atom. The van der Waals surface area contributed by atoms with Crippen LogP contribution in [0.25, 0.3) is 0 Å². The topological polar surface area (TPSA) is 105 Å². The van der Waals surface area contributed by atoms with Crippen molar-refractivity contribution in [3.63, 3.8) is 0 Å². The Bertz CT molecular complexity index is 520. The first-order chi connectivity index (χ1) is 8.90. The lowest BCUT2D eigenvalue weighted by Crippen LogP contribution is -2.55. The Morgan fingerprint density at radius 1 is 1.21 bits per heavy atom. The molecule has 1 heterocycles. The van der Waals surface area contributed by atoms with E-state index in [1.165, 1.54) is 6.92 Å². The van der Waals surface area contributed by atoms with E-state index in [2.05, 4.69) is 9.71 Å². The molecule has 106 valence electrons. The number of hydrogen-bond acceptors (Lipinski definition) is 4. The van der Waals surface area contributed by atoms with E-state index in [4.69, 9.17) is 0 Å². The number of aliphatic imine (C=N–C) groups is 1. The zero-order valence-corrected chi connectivity index (χ0v) is 11.5. The van der Waals surface area contributed by atoms with E-state index < -0.39 is 27.2 Å². The Kier molecular flexibility index (Phi) is 4.00. The van der Waals surface area contributed by atoms with Crippen molar-refractivity contribution in [1.82, 2.24) is 10.0 Å². The van der Waals surface area contributed by atoms with Gasteiger partial charge in [0.25, 0.3) is 5.91 Å². The summed E-state index contributed by atoms with van der Waals surface area (Å²) in [5.41, 5.74) is 0.0112. The van der Waals surface area contributed by atoms with Gasteiger partial charge in [-0.15, -0.1) is 0 Å². The molecule has 2 N–H and O–H groups in total. The van der Waals surface area contributed by atoms with Crippen LogP contribution in [0.4, 0.5) is 4.79 Å². The first kappa shape index (κ1) is 14.1. The molecule has 1 unspecified atom stereocenters. The summed E-state index contributed by atoms with van der Waals surface area (Å²) in [7, 11) is -3.85. The summed E-state index contributed by atoms with van der Waals surface area (Å²) in [6.07, 6.45) is 4.63. The molecule has 0 aromatic carbocycles. The molecule has 1 saturated carbocycles. The lowest BCUT2D eigenvalue weighted by molar-refractivity contribution is -0.118. The fraction of sp³-hybridized carbons (Fsp3) is 0.727. The van der Waals surface area contributed by atoms with Crippen molar-refractivity contribution in [2.75, 3.05) is 0 Å². The van der Waals surface area contributed by atoms with Crippen LogP contribution in [0.3, 0.4) is 0 Å². The van der Waals surface area contributed by atoms with Crippen molar-refractivity contribution in [3.05, 3.63) is 0 Å². The summed E-state index contributed by atoms with van der Waals surface area (Å²) in [6, 6.07) is -0.941. The van der Waals surface area contributed by atoms with Crippen LogP contribution in [0, 0.1) is 0 Å². The molecule has 0 radical (unpaired) electrons. The maximum absolute atomic E-state index is 12.2. The smallest absolute Gasteiger partial charge is 0.275 e. The van der Waals surface area contributed by atoms with Gasteiger partial charge in [0.15, 0.2) is 5.25 Å². The minimum absolute atomic E-state index is 0.0112. The molecule has 2 rings (SSSR count). The molecule has 3 amide bonds. The average Bonchev–Trinajstić information content (AvgIpc) is 2.27. The van der Waals surface area contributed by atoms with Crippen molar-refractivity contribution in [2.45, 2.75) is 50.3 Å². The summed E-state index contributed by atoms with van der Waals surface area (Å²) in [6.45, 7) is 1.38. The summed E-state index contributed by atoms with van der Waals surface area (Å²) >= 11 is 0. The van der Waals surface area contributed by atoms with Crippen LogP contribution in [0.2, 0.25) is 0 Å². The molecule has 0 aromatic heterocycles. The highest BCUT2D eigenvalue weighted by Gasteiger charge is 2.40. The number of rotatable bonds is 3. The third kappa shape index (κ3) is 3.19. The molecule has 0 spiro atoms. The first-order valence-electron chi connectivity index (χ1n) is 6.31. The number of carbonyl (C=O) groups excluding carboxylic acids is 2. The Morgan fingerprint density at radius 3 is 2.42 bits per heavy atom. The number of hydrogen-bond donors (Lipinski definition) is 2. The van der Waals surface area contributed by atoms with Gasteiger partial charge in [0, 0.05) is 11.8 Å². The van der Waals surface area contributed by atoms with Crippen molar-refractivity contribution in [2.24, 2.45) is 4.99 Å². The fourth-order valence-electron chi connectivity index (χ4n) is 2.49. The van der Waals surface area contributed by atoms with Crippen LogP contribution < -0.4 is 10.0 Å². The summed E-state index contributed by atoms with van der Waals surface area (Å²) in [5.74, 6) is -0.833. The number of nitrogens with zero attached hydrogens (tertiary/aromatic N) is 1. The molecule has 1 atom stereocenters. The number of nitrogens with one attached hydrogen (secondary N) is 2. The molecule has 7 nitrogen and oxygen atoms in total. The van der Waals surface area contributed by atoms with Gasteiger partial charge in [0.2, 0.25) is 10.0 Å². The van der Waals surface area contributed by atoms with E-state index >= 15 is 0 Å². The van der Waals surface area contributed by atoms with Crippen molar-refractivity contribution in [3.8, 4) is 0 Å². The number of urea groups is 1. The zero-order chi connectivity index (χ0) is 14.0. The van der Waals surface area contributed by atoms with Gasteiger partial charge < -0.3 is 0 Å². The predicted molar refractivity (Wildman–Crippen MR) is 69.4 cm³/mol. The Hall–Kier alpha value is -1.28. The van der Waals surface area contributed by atoms with E-state index in [0.717, 1.165) is 32.1 Å². The van der Waals surface area contributed by atoms with E-state index in [1.54, 1.807) is 0 Å². The van der Waals surface area contributed by atoms with E-state index in [0.29, 0.717) is 0 Å². The fourth-order valence-corrected chi connectivity index (χ4v) is 4.17. The van der Waals surface area contributed by atoms with Crippen LogP contribution in [0.5, 0.6) is 0 Å². The van der Waals surface area contributed by atoms with Gasteiger partial charge in [-0.2, -0.15) is 0 Å². The Balaban J connectivity index is 2.16. The second kappa shape index (κ2) is 5.38. The van der Waals surface area contributed by atoms with Crippen LogP contribution >= 0.6 is 0 Å². The third-order valence-electron chi connectivity index (χ3n) is 3.37. The van der Waals surface area contributed by atoms with E-state index in [-0.39, 0.29) is 11.8 Å². The van der Waals surface area contributed by atoms with E-state index in [9.17, 15) is 18.0 Å². The van der Waals surface area contributed by atoms with Gasteiger partial charge in [-0.1, -0.05) is 19.3 Å². The maximum Gasteiger partial charge on any atom is 0.347 e. The second-order valence-electron chi connectivity index (χ2n) is 4.93. The molecule has 0 aromatic rings. The summed E-state index contributed by atoms with van der Waals surface area (Å²) in [4.78, 5) is 26.2. The van der Waals surface area contributed by atoms with Crippen LogP contribution in [-0.2, 0) is 14.8 Å². The molecule has 0 saturated heterocycles. The first-order valence-corrected chi connectivity index (χ1v) is 7.86. The lowest BCUT2D eigenvalue weighted by Gasteiger charge is -2.26. The molecule has 1 aliphatic carbocycles.